The van der Waals surface area contributed by atoms with E-state index in [1.165, 1.54) is 6.07 Å². The van der Waals surface area contributed by atoms with Crippen molar-refractivity contribution in [3.05, 3.63) is 70.8 Å². The number of primary amides is 1. The lowest BCUT2D eigenvalue weighted by atomic mass is 10.0. The van der Waals surface area contributed by atoms with Crippen LogP contribution in [0.25, 0.3) is 0 Å². The number of rotatable bonds is 8. The number of halogens is 2. The third-order valence-corrected chi connectivity index (χ3v) is 3.87. The Balaban J connectivity index is 1.74. The van der Waals surface area contributed by atoms with Crippen molar-refractivity contribution in [3.63, 3.8) is 0 Å². The van der Waals surface area contributed by atoms with Gasteiger partial charge in [-0.05, 0) is 68.1 Å². The summed E-state index contributed by atoms with van der Waals surface area (Å²) in [4.78, 5) is 11.2. The lowest BCUT2D eigenvalue weighted by Crippen LogP contribution is -2.29. The number of benzene rings is 2. The zero-order valence-electron chi connectivity index (χ0n) is 13.7. The molecule has 0 spiro atoms. The van der Waals surface area contributed by atoms with E-state index in [1.54, 1.807) is 12.1 Å². The van der Waals surface area contributed by atoms with Crippen LogP contribution in [0.5, 0.6) is 0 Å². The number of hydrogen-bond acceptors (Lipinski definition) is 2. The van der Waals surface area contributed by atoms with Crippen molar-refractivity contribution in [1.82, 2.24) is 5.32 Å². The molecule has 1 unspecified atom stereocenters. The van der Waals surface area contributed by atoms with Gasteiger partial charge in [-0.25, -0.2) is 8.78 Å². The summed E-state index contributed by atoms with van der Waals surface area (Å²) in [5.41, 5.74) is 7.63. The van der Waals surface area contributed by atoms with Crippen LogP contribution in [0.2, 0.25) is 0 Å². The minimum absolute atomic E-state index is 0.159. The second-order valence-electron chi connectivity index (χ2n) is 5.98. The zero-order chi connectivity index (χ0) is 17.5. The van der Waals surface area contributed by atoms with Gasteiger partial charge in [-0.1, -0.05) is 18.2 Å². The van der Waals surface area contributed by atoms with Crippen LogP contribution < -0.4 is 11.1 Å². The molecule has 0 fully saturated rings. The molecule has 2 aromatic carbocycles. The number of nitrogens with two attached hydrogens (primary N) is 1. The normalized spacial score (nSPS) is 12.1. The van der Waals surface area contributed by atoms with Crippen molar-refractivity contribution in [1.29, 1.82) is 0 Å². The summed E-state index contributed by atoms with van der Waals surface area (Å²) in [6.45, 7) is 2.81. The Kier molecular flexibility index (Phi) is 6.44. The summed E-state index contributed by atoms with van der Waals surface area (Å²) in [5, 5.41) is 3.36. The third kappa shape index (κ3) is 5.42. The lowest BCUT2D eigenvalue weighted by molar-refractivity contribution is 0.1000. The molecule has 24 heavy (non-hydrogen) atoms. The maximum atomic E-state index is 13.2. The SMILES string of the molecule is CC(Cc1ccc(F)c(F)c1)NCCCc1cccc(C(N)=O)c1. The first kappa shape index (κ1) is 18.1. The maximum Gasteiger partial charge on any atom is 0.248 e. The molecule has 2 rings (SSSR count). The first-order valence-electron chi connectivity index (χ1n) is 8.02. The molecule has 0 aliphatic rings. The lowest BCUT2D eigenvalue weighted by Gasteiger charge is -2.14. The molecule has 1 amide bonds. The van der Waals surface area contributed by atoms with E-state index in [0.717, 1.165) is 36.6 Å². The molecule has 128 valence electrons. The number of nitrogens with one attached hydrogen (secondary N) is 1. The minimum Gasteiger partial charge on any atom is -0.366 e. The van der Waals surface area contributed by atoms with Gasteiger partial charge in [0.15, 0.2) is 11.6 Å². The van der Waals surface area contributed by atoms with E-state index < -0.39 is 17.5 Å². The summed E-state index contributed by atoms with van der Waals surface area (Å²) in [7, 11) is 0. The number of carbonyl (C=O) groups excluding carboxylic acids is 1. The molecule has 3 nitrogen and oxygen atoms in total. The fourth-order valence-corrected chi connectivity index (χ4v) is 2.61. The van der Waals surface area contributed by atoms with Gasteiger partial charge in [-0.2, -0.15) is 0 Å². The van der Waals surface area contributed by atoms with E-state index in [4.69, 9.17) is 5.73 Å². The van der Waals surface area contributed by atoms with Crippen molar-refractivity contribution < 1.29 is 13.6 Å². The van der Waals surface area contributed by atoms with Gasteiger partial charge in [0, 0.05) is 11.6 Å². The van der Waals surface area contributed by atoms with Crippen LogP contribution >= 0.6 is 0 Å². The van der Waals surface area contributed by atoms with Crippen LogP contribution in [-0.4, -0.2) is 18.5 Å². The molecule has 0 saturated heterocycles. The molecule has 0 aliphatic heterocycles. The predicted octanol–water partition coefficient (Wildman–Crippen LogP) is 3.22. The molecular weight excluding hydrogens is 310 g/mol. The Morgan fingerprint density at radius 3 is 2.62 bits per heavy atom. The highest BCUT2D eigenvalue weighted by Crippen LogP contribution is 2.11. The molecule has 1 atom stereocenters. The number of hydrogen-bond donors (Lipinski definition) is 2. The highest BCUT2D eigenvalue weighted by molar-refractivity contribution is 5.92. The molecule has 0 aliphatic carbocycles. The number of aryl methyl sites for hydroxylation is 1. The highest BCUT2D eigenvalue weighted by Gasteiger charge is 2.07. The Morgan fingerprint density at radius 2 is 1.92 bits per heavy atom. The summed E-state index contributed by atoms with van der Waals surface area (Å²) in [6, 6.07) is 11.5. The molecule has 0 aromatic heterocycles. The second kappa shape index (κ2) is 8.55. The van der Waals surface area contributed by atoms with E-state index in [9.17, 15) is 13.6 Å². The quantitative estimate of drug-likeness (QED) is 0.729. The van der Waals surface area contributed by atoms with E-state index in [1.807, 2.05) is 25.1 Å². The minimum atomic E-state index is -0.822. The smallest absolute Gasteiger partial charge is 0.248 e. The van der Waals surface area contributed by atoms with Crippen molar-refractivity contribution >= 4 is 5.91 Å². The highest BCUT2D eigenvalue weighted by atomic mass is 19.2. The summed E-state index contributed by atoms with van der Waals surface area (Å²) in [6.07, 6.45) is 2.38. The van der Waals surface area contributed by atoms with Crippen LogP contribution in [0.4, 0.5) is 8.78 Å². The van der Waals surface area contributed by atoms with Crippen LogP contribution in [-0.2, 0) is 12.8 Å². The van der Waals surface area contributed by atoms with Crippen molar-refractivity contribution in [2.45, 2.75) is 32.2 Å². The molecule has 0 bridgehead atoms. The Labute approximate surface area is 140 Å². The van der Waals surface area contributed by atoms with Crippen molar-refractivity contribution in [2.24, 2.45) is 5.73 Å². The van der Waals surface area contributed by atoms with Gasteiger partial charge in [-0.3, -0.25) is 4.79 Å². The van der Waals surface area contributed by atoms with Crippen molar-refractivity contribution in [3.8, 4) is 0 Å². The van der Waals surface area contributed by atoms with Gasteiger partial charge < -0.3 is 11.1 Å². The Morgan fingerprint density at radius 1 is 1.12 bits per heavy atom. The third-order valence-electron chi connectivity index (χ3n) is 3.87. The molecule has 0 heterocycles. The molecule has 0 saturated carbocycles. The van der Waals surface area contributed by atoms with Gasteiger partial charge in [0.2, 0.25) is 5.91 Å². The van der Waals surface area contributed by atoms with Crippen LogP contribution in [0, 0.1) is 11.6 Å². The Hall–Kier alpha value is -2.27. The van der Waals surface area contributed by atoms with Crippen LogP contribution in [0.1, 0.15) is 34.8 Å². The second-order valence-corrected chi connectivity index (χ2v) is 5.98. The summed E-state index contributed by atoms with van der Waals surface area (Å²) < 4.78 is 26.1. The van der Waals surface area contributed by atoms with Crippen LogP contribution in [0.3, 0.4) is 0 Å². The number of carbonyl (C=O) groups is 1. The van der Waals surface area contributed by atoms with E-state index in [-0.39, 0.29) is 6.04 Å². The average Bonchev–Trinajstić information content (AvgIpc) is 2.55. The topological polar surface area (TPSA) is 55.1 Å². The van der Waals surface area contributed by atoms with E-state index in [0.29, 0.717) is 12.0 Å². The number of amides is 1. The Bertz CT molecular complexity index is 704. The molecule has 3 N–H and O–H groups in total. The van der Waals surface area contributed by atoms with Gasteiger partial charge >= 0.3 is 0 Å². The van der Waals surface area contributed by atoms with Gasteiger partial charge in [-0.15, -0.1) is 0 Å². The van der Waals surface area contributed by atoms with Gasteiger partial charge in [0.1, 0.15) is 0 Å². The summed E-state index contributed by atoms with van der Waals surface area (Å²) >= 11 is 0. The first-order valence-corrected chi connectivity index (χ1v) is 8.02. The monoisotopic (exact) mass is 332 g/mol. The molecule has 0 radical (unpaired) electrons. The van der Waals surface area contributed by atoms with Gasteiger partial charge in [0.25, 0.3) is 0 Å². The van der Waals surface area contributed by atoms with E-state index >= 15 is 0 Å². The van der Waals surface area contributed by atoms with Crippen LogP contribution in [0.15, 0.2) is 42.5 Å². The van der Waals surface area contributed by atoms with E-state index in [2.05, 4.69) is 5.32 Å². The molecular formula is C19H22F2N2O. The van der Waals surface area contributed by atoms with Crippen molar-refractivity contribution in [2.75, 3.05) is 6.54 Å². The summed E-state index contributed by atoms with van der Waals surface area (Å²) in [5.74, 6) is -2.05. The molecule has 5 heteroatoms. The maximum absolute atomic E-state index is 13.2. The zero-order valence-corrected chi connectivity index (χ0v) is 13.7. The fraction of sp³-hybridized carbons (Fsp3) is 0.316. The first-order chi connectivity index (χ1) is 11.5. The van der Waals surface area contributed by atoms with Gasteiger partial charge in [0.05, 0.1) is 0 Å². The fourth-order valence-electron chi connectivity index (χ4n) is 2.61. The largest absolute Gasteiger partial charge is 0.366 e. The standard InChI is InChI=1S/C19H22F2N2O/c1-13(10-15-7-8-17(20)18(21)12-15)23-9-3-5-14-4-2-6-16(11-14)19(22)24/h2,4,6-8,11-13,23H,3,5,9-10H2,1H3,(H2,22,24). The molecule has 2 aromatic rings. The average molecular weight is 332 g/mol. The predicted molar refractivity (Wildman–Crippen MR) is 90.8 cm³/mol.